The molecule has 0 saturated heterocycles. The van der Waals surface area contributed by atoms with Crippen molar-refractivity contribution in [3.05, 3.63) is 42.0 Å². The second-order valence-electron chi connectivity index (χ2n) is 5.52. The van der Waals surface area contributed by atoms with E-state index < -0.39 is 10.0 Å². The third kappa shape index (κ3) is 3.48. The molecule has 1 aromatic carbocycles. The number of rotatable bonds is 5. The van der Waals surface area contributed by atoms with Gasteiger partial charge in [0.1, 0.15) is 0 Å². The van der Waals surface area contributed by atoms with E-state index in [-0.39, 0.29) is 24.5 Å². The summed E-state index contributed by atoms with van der Waals surface area (Å²) in [6, 6.07) is 6.79. The van der Waals surface area contributed by atoms with Crippen LogP contribution >= 0.6 is 0 Å². The van der Waals surface area contributed by atoms with E-state index in [1.807, 2.05) is 32.1 Å². The van der Waals surface area contributed by atoms with Gasteiger partial charge < -0.3 is 5.11 Å². The summed E-state index contributed by atoms with van der Waals surface area (Å²) in [6.45, 7) is 4.12. The molecule has 110 valence electrons. The second kappa shape index (κ2) is 6.08. The normalized spacial score (nSPS) is 22.6. The molecule has 20 heavy (non-hydrogen) atoms. The van der Waals surface area contributed by atoms with Crippen molar-refractivity contribution in [3.63, 3.8) is 0 Å². The quantitative estimate of drug-likeness (QED) is 0.817. The molecule has 0 fully saturated rings. The average molecular weight is 295 g/mol. The molecule has 0 saturated carbocycles. The Balaban J connectivity index is 2.15. The molecule has 0 aliphatic heterocycles. The number of aliphatic hydroxyl groups is 1. The number of nitrogens with one attached hydrogen (secondary N) is 1. The van der Waals surface area contributed by atoms with Gasteiger partial charge in [0.05, 0.1) is 4.90 Å². The maximum atomic E-state index is 12.4. The molecule has 1 aromatic rings. The molecule has 0 spiro atoms. The smallest absolute Gasteiger partial charge is 0.241 e. The molecule has 2 atom stereocenters. The lowest BCUT2D eigenvalue weighted by Gasteiger charge is -2.14. The van der Waals surface area contributed by atoms with Gasteiger partial charge in [-0.1, -0.05) is 38.1 Å². The summed E-state index contributed by atoms with van der Waals surface area (Å²) in [7, 11) is -3.51. The Bertz CT molecular complexity index is 593. The van der Waals surface area contributed by atoms with E-state index in [0.29, 0.717) is 11.3 Å². The molecule has 2 N–H and O–H groups in total. The third-order valence-corrected chi connectivity index (χ3v) is 5.04. The summed E-state index contributed by atoms with van der Waals surface area (Å²) in [6.07, 6.45) is 4.28. The van der Waals surface area contributed by atoms with E-state index in [0.717, 1.165) is 5.56 Å². The molecular formula is C15H21NO3S. The molecular weight excluding hydrogens is 274 g/mol. The largest absolute Gasteiger partial charge is 0.396 e. The van der Waals surface area contributed by atoms with Crippen molar-refractivity contribution in [1.29, 1.82) is 0 Å². The molecule has 1 aliphatic carbocycles. The Hall–Kier alpha value is -1.17. The van der Waals surface area contributed by atoms with Gasteiger partial charge in [-0.2, -0.15) is 0 Å². The van der Waals surface area contributed by atoms with E-state index in [1.165, 1.54) is 0 Å². The molecule has 0 aromatic heterocycles. The topological polar surface area (TPSA) is 66.4 Å². The zero-order valence-electron chi connectivity index (χ0n) is 11.8. The van der Waals surface area contributed by atoms with Crippen LogP contribution in [0.25, 0.3) is 0 Å². The van der Waals surface area contributed by atoms with Crippen LogP contribution in [0.15, 0.2) is 41.3 Å². The van der Waals surface area contributed by atoms with E-state index in [2.05, 4.69) is 4.72 Å². The van der Waals surface area contributed by atoms with Gasteiger partial charge >= 0.3 is 0 Å². The summed E-state index contributed by atoms with van der Waals surface area (Å²) >= 11 is 0. The first-order chi connectivity index (χ1) is 9.42. The summed E-state index contributed by atoms with van der Waals surface area (Å²) in [4.78, 5) is 0.296. The first kappa shape index (κ1) is 15.2. The van der Waals surface area contributed by atoms with Crippen molar-refractivity contribution >= 4 is 10.0 Å². The van der Waals surface area contributed by atoms with Crippen molar-refractivity contribution in [2.45, 2.75) is 37.1 Å². The van der Waals surface area contributed by atoms with Crippen molar-refractivity contribution < 1.29 is 13.5 Å². The maximum absolute atomic E-state index is 12.4. The Kier molecular flexibility index (Phi) is 4.62. The molecule has 0 heterocycles. The first-order valence-electron chi connectivity index (χ1n) is 6.84. The van der Waals surface area contributed by atoms with Gasteiger partial charge in [-0.25, -0.2) is 13.1 Å². The van der Waals surface area contributed by atoms with Crippen molar-refractivity contribution in [3.8, 4) is 0 Å². The number of aliphatic hydroxyl groups excluding tert-OH is 1. The maximum Gasteiger partial charge on any atom is 0.241 e. The summed E-state index contributed by atoms with van der Waals surface area (Å²) in [5.41, 5.74) is 1.00. The predicted octanol–water partition coefficient (Wildman–Crippen LogP) is 2.03. The van der Waals surface area contributed by atoms with Crippen LogP contribution in [-0.4, -0.2) is 26.2 Å². The van der Waals surface area contributed by atoms with Crippen molar-refractivity contribution in [2.24, 2.45) is 5.92 Å². The van der Waals surface area contributed by atoms with E-state index in [4.69, 9.17) is 5.11 Å². The first-order valence-corrected chi connectivity index (χ1v) is 8.32. The number of benzene rings is 1. The number of hydrogen-bond acceptors (Lipinski definition) is 3. The lowest BCUT2D eigenvalue weighted by molar-refractivity contribution is 0.248. The number of sulfonamides is 1. The summed E-state index contributed by atoms with van der Waals surface area (Å²) in [5, 5.41) is 9.07. The lowest BCUT2D eigenvalue weighted by atomic mass is 10.0. The highest BCUT2D eigenvalue weighted by molar-refractivity contribution is 7.89. The minimum Gasteiger partial charge on any atom is -0.396 e. The Morgan fingerprint density at radius 2 is 2.10 bits per heavy atom. The van der Waals surface area contributed by atoms with Crippen LogP contribution in [0.2, 0.25) is 0 Å². The monoisotopic (exact) mass is 295 g/mol. The highest BCUT2D eigenvalue weighted by atomic mass is 32.2. The van der Waals surface area contributed by atoms with Gasteiger partial charge in [-0.3, -0.25) is 0 Å². The van der Waals surface area contributed by atoms with Crippen LogP contribution in [0.4, 0.5) is 0 Å². The van der Waals surface area contributed by atoms with Crippen LogP contribution < -0.4 is 4.72 Å². The highest BCUT2D eigenvalue weighted by Crippen LogP contribution is 2.21. The van der Waals surface area contributed by atoms with Crippen molar-refractivity contribution in [2.75, 3.05) is 6.61 Å². The lowest BCUT2D eigenvalue weighted by Crippen LogP contribution is -2.33. The van der Waals surface area contributed by atoms with Crippen LogP contribution in [0.5, 0.6) is 0 Å². The molecule has 0 unspecified atom stereocenters. The van der Waals surface area contributed by atoms with Crippen molar-refractivity contribution in [1.82, 2.24) is 4.72 Å². The zero-order valence-corrected chi connectivity index (χ0v) is 12.6. The van der Waals surface area contributed by atoms with E-state index in [9.17, 15) is 8.42 Å². The van der Waals surface area contributed by atoms with Gasteiger partial charge in [-0.05, 0) is 30.0 Å². The summed E-state index contributed by atoms with van der Waals surface area (Å²) in [5.74, 6) is 0.333. The molecule has 0 radical (unpaired) electrons. The van der Waals surface area contributed by atoms with Gasteiger partial charge in [0.25, 0.3) is 0 Å². The van der Waals surface area contributed by atoms with Crippen LogP contribution in [0, 0.1) is 5.92 Å². The van der Waals surface area contributed by atoms with Crippen LogP contribution in [0.3, 0.4) is 0 Å². The van der Waals surface area contributed by atoms with Gasteiger partial charge in [0.2, 0.25) is 10.0 Å². The van der Waals surface area contributed by atoms with Crippen LogP contribution in [0.1, 0.15) is 31.7 Å². The van der Waals surface area contributed by atoms with Gasteiger partial charge in [-0.15, -0.1) is 0 Å². The SMILES string of the molecule is CC(C)c1cccc(S(=O)(=O)N[C@@H]2C=C[C@H](CO)C2)c1. The third-order valence-electron chi connectivity index (χ3n) is 3.55. The highest BCUT2D eigenvalue weighted by Gasteiger charge is 2.24. The molecule has 0 bridgehead atoms. The predicted molar refractivity (Wildman–Crippen MR) is 79.0 cm³/mol. The molecule has 5 heteroatoms. The molecule has 0 amide bonds. The fourth-order valence-electron chi connectivity index (χ4n) is 2.31. The standard InChI is InChI=1S/C15H21NO3S/c1-11(2)13-4-3-5-15(9-13)20(18,19)16-14-7-6-12(8-14)10-17/h3-7,9,11-12,14,16-17H,8,10H2,1-2H3/t12-,14+/m0/s1. The molecule has 4 nitrogen and oxygen atoms in total. The molecule has 1 aliphatic rings. The Morgan fingerprint density at radius 3 is 2.70 bits per heavy atom. The average Bonchev–Trinajstić information content (AvgIpc) is 2.86. The van der Waals surface area contributed by atoms with E-state index in [1.54, 1.807) is 18.2 Å². The number of hydrogen-bond donors (Lipinski definition) is 2. The second-order valence-corrected chi connectivity index (χ2v) is 7.23. The van der Waals surface area contributed by atoms with Crippen LogP contribution in [-0.2, 0) is 10.0 Å². The zero-order chi connectivity index (χ0) is 14.8. The fraction of sp³-hybridized carbons (Fsp3) is 0.467. The van der Waals surface area contributed by atoms with Gasteiger partial charge in [0, 0.05) is 18.6 Å². The minimum absolute atomic E-state index is 0.0460. The van der Waals surface area contributed by atoms with Gasteiger partial charge in [0.15, 0.2) is 0 Å². The Morgan fingerprint density at radius 1 is 1.35 bits per heavy atom. The summed E-state index contributed by atoms with van der Waals surface area (Å²) < 4.78 is 27.4. The van der Waals surface area contributed by atoms with E-state index >= 15 is 0 Å². The Labute approximate surface area is 120 Å². The minimum atomic E-state index is -3.51. The fourth-order valence-corrected chi connectivity index (χ4v) is 3.56. The molecule has 2 rings (SSSR count).